The summed E-state index contributed by atoms with van der Waals surface area (Å²) >= 11 is 5.95. The van der Waals surface area contributed by atoms with Crippen LogP contribution in [0, 0.1) is 0 Å². The van der Waals surface area contributed by atoms with Crippen LogP contribution < -0.4 is 4.74 Å². The highest BCUT2D eigenvalue weighted by Gasteiger charge is 2.15. The average molecular weight is 243 g/mol. The number of benzene rings is 1. The molecule has 0 aliphatic carbocycles. The fourth-order valence-corrected chi connectivity index (χ4v) is 1.54. The molecule has 0 bridgehead atoms. The molecule has 1 N–H and O–H groups in total. The van der Waals surface area contributed by atoms with Gasteiger partial charge in [-0.3, -0.25) is 0 Å². The van der Waals surface area contributed by atoms with Crippen LogP contribution in [0.25, 0.3) is 0 Å². The Hall–Kier alpha value is -0.730. The Morgan fingerprint density at radius 1 is 1.38 bits per heavy atom. The fraction of sp³-hybridized carbons (Fsp3) is 0.538. The summed E-state index contributed by atoms with van der Waals surface area (Å²) < 4.78 is 5.61. The second kappa shape index (κ2) is 5.07. The second-order valence-corrected chi connectivity index (χ2v) is 5.37. The van der Waals surface area contributed by atoms with Gasteiger partial charge >= 0.3 is 0 Å². The molecule has 0 aliphatic rings. The highest BCUT2D eigenvalue weighted by molar-refractivity contribution is 6.30. The number of halogens is 1. The van der Waals surface area contributed by atoms with Crippen LogP contribution in [0.2, 0.25) is 5.02 Å². The zero-order valence-electron chi connectivity index (χ0n) is 10.2. The van der Waals surface area contributed by atoms with Gasteiger partial charge in [0.05, 0.1) is 5.60 Å². The Morgan fingerprint density at radius 2 is 2.00 bits per heavy atom. The zero-order chi connectivity index (χ0) is 12.3. The number of rotatable bonds is 4. The molecule has 0 fully saturated rings. The molecule has 0 unspecified atom stereocenters. The normalized spacial score (nSPS) is 11.9. The van der Waals surface area contributed by atoms with Crippen LogP contribution in [0.3, 0.4) is 0 Å². The standard InChI is InChI=1S/C13H19ClO2/c1-9(2)11-7-10(14)5-6-12(11)16-8-13(3,4)15/h5-7,9,15H,8H2,1-4H3. The van der Waals surface area contributed by atoms with E-state index in [0.29, 0.717) is 10.9 Å². The first-order valence-electron chi connectivity index (χ1n) is 5.44. The minimum atomic E-state index is -0.826. The molecule has 1 rings (SSSR count). The van der Waals surface area contributed by atoms with Gasteiger partial charge < -0.3 is 9.84 Å². The predicted octanol–water partition coefficient (Wildman–Crippen LogP) is 3.61. The fourth-order valence-electron chi connectivity index (χ4n) is 1.36. The van der Waals surface area contributed by atoms with Crippen molar-refractivity contribution in [1.82, 2.24) is 0 Å². The van der Waals surface area contributed by atoms with Gasteiger partial charge in [-0.1, -0.05) is 25.4 Å². The van der Waals surface area contributed by atoms with Crippen LogP contribution >= 0.6 is 11.6 Å². The third-order valence-corrected chi connectivity index (χ3v) is 2.41. The largest absolute Gasteiger partial charge is 0.490 e. The molecule has 90 valence electrons. The minimum absolute atomic E-state index is 0.272. The first kappa shape index (κ1) is 13.3. The van der Waals surface area contributed by atoms with E-state index < -0.39 is 5.60 Å². The van der Waals surface area contributed by atoms with Crippen LogP contribution in [0.5, 0.6) is 5.75 Å². The summed E-state index contributed by atoms with van der Waals surface area (Å²) in [6.07, 6.45) is 0. The third kappa shape index (κ3) is 4.03. The van der Waals surface area contributed by atoms with Crippen LogP contribution in [0.1, 0.15) is 39.2 Å². The highest BCUT2D eigenvalue weighted by atomic mass is 35.5. The SMILES string of the molecule is CC(C)c1cc(Cl)ccc1OCC(C)(C)O. The maximum Gasteiger partial charge on any atom is 0.123 e. The van der Waals surface area contributed by atoms with Gasteiger partial charge in [-0.25, -0.2) is 0 Å². The first-order chi connectivity index (χ1) is 7.29. The number of hydrogen-bond donors (Lipinski definition) is 1. The number of aliphatic hydroxyl groups is 1. The van der Waals surface area contributed by atoms with E-state index in [2.05, 4.69) is 13.8 Å². The molecular formula is C13H19ClO2. The molecule has 1 aromatic carbocycles. The zero-order valence-corrected chi connectivity index (χ0v) is 11.0. The molecule has 2 nitrogen and oxygen atoms in total. The van der Waals surface area contributed by atoms with Gasteiger partial charge in [0.2, 0.25) is 0 Å². The van der Waals surface area contributed by atoms with Crippen molar-refractivity contribution in [3.05, 3.63) is 28.8 Å². The second-order valence-electron chi connectivity index (χ2n) is 4.94. The lowest BCUT2D eigenvalue weighted by molar-refractivity contribution is 0.0281. The van der Waals surface area contributed by atoms with E-state index in [-0.39, 0.29) is 6.61 Å². The minimum Gasteiger partial charge on any atom is -0.490 e. The van der Waals surface area contributed by atoms with Gasteiger partial charge in [0.25, 0.3) is 0 Å². The van der Waals surface area contributed by atoms with Crippen molar-refractivity contribution in [3.63, 3.8) is 0 Å². The van der Waals surface area contributed by atoms with E-state index in [1.165, 1.54) is 0 Å². The van der Waals surface area contributed by atoms with Gasteiger partial charge in [0.1, 0.15) is 12.4 Å². The van der Waals surface area contributed by atoms with Gasteiger partial charge in [0, 0.05) is 5.02 Å². The van der Waals surface area contributed by atoms with Gasteiger partial charge in [-0.15, -0.1) is 0 Å². The summed E-state index contributed by atoms with van der Waals surface area (Å²) in [5.41, 5.74) is 0.241. The van der Waals surface area contributed by atoms with Gasteiger partial charge in [-0.05, 0) is 43.5 Å². The van der Waals surface area contributed by atoms with E-state index in [4.69, 9.17) is 16.3 Å². The molecule has 0 aromatic heterocycles. The summed E-state index contributed by atoms with van der Waals surface area (Å²) in [7, 11) is 0. The van der Waals surface area contributed by atoms with Crippen LogP contribution in [-0.2, 0) is 0 Å². The molecule has 0 spiro atoms. The molecule has 3 heteroatoms. The highest BCUT2D eigenvalue weighted by Crippen LogP contribution is 2.29. The Bertz CT molecular complexity index is 353. The van der Waals surface area contributed by atoms with Gasteiger partial charge in [0.15, 0.2) is 0 Å². The maximum absolute atomic E-state index is 9.61. The predicted molar refractivity (Wildman–Crippen MR) is 67.3 cm³/mol. The lowest BCUT2D eigenvalue weighted by Gasteiger charge is -2.20. The van der Waals surface area contributed by atoms with Crippen LogP contribution in [-0.4, -0.2) is 17.3 Å². The smallest absolute Gasteiger partial charge is 0.123 e. The topological polar surface area (TPSA) is 29.5 Å². The van der Waals surface area contributed by atoms with E-state index in [1.54, 1.807) is 19.9 Å². The van der Waals surface area contributed by atoms with Crippen molar-refractivity contribution in [2.24, 2.45) is 0 Å². The Balaban J connectivity index is 2.87. The van der Waals surface area contributed by atoms with Gasteiger partial charge in [-0.2, -0.15) is 0 Å². The van der Waals surface area contributed by atoms with Crippen molar-refractivity contribution in [2.45, 2.75) is 39.2 Å². The van der Waals surface area contributed by atoms with Crippen molar-refractivity contribution in [1.29, 1.82) is 0 Å². The van der Waals surface area contributed by atoms with E-state index in [0.717, 1.165) is 11.3 Å². The average Bonchev–Trinajstić information content (AvgIpc) is 2.14. The molecule has 0 aliphatic heterocycles. The molecule has 0 radical (unpaired) electrons. The Kier molecular flexibility index (Phi) is 4.22. The van der Waals surface area contributed by atoms with Crippen molar-refractivity contribution in [2.75, 3.05) is 6.61 Å². The lowest BCUT2D eigenvalue weighted by Crippen LogP contribution is -2.28. The first-order valence-corrected chi connectivity index (χ1v) is 5.82. The molecule has 0 saturated carbocycles. The third-order valence-electron chi connectivity index (χ3n) is 2.17. The van der Waals surface area contributed by atoms with Crippen LogP contribution in [0.15, 0.2) is 18.2 Å². The lowest BCUT2D eigenvalue weighted by atomic mass is 10.0. The summed E-state index contributed by atoms with van der Waals surface area (Å²) in [5, 5.41) is 10.3. The molecule has 16 heavy (non-hydrogen) atoms. The Morgan fingerprint density at radius 3 is 2.50 bits per heavy atom. The van der Waals surface area contributed by atoms with Crippen molar-refractivity contribution in [3.8, 4) is 5.75 Å². The molecular weight excluding hydrogens is 224 g/mol. The molecule has 1 aromatic rings. The van der Waals surface area contributed by atoms with E-state index >= 15 is 0 Å². The van der Waals surface area contributed by atoms with E-state index in [1.807, 2.05) is 12.1 Å². The maximum atomic E-state index is 9.61. The van der Waals surface area contributed by atoms with Crippen molar-refractivity contribution >= 4 is 11.6 Å². The molecule has 0 saturated heterocycles. The molecule has 0 heterocycles. The quantitative estimate of drug-likeness (QED) is 0.874. The number of ether oxygens (including phenoxy) is 1. The molecule has 0 amide bonds. The van der Waals surface area contributed by atoms with Crippen LogP contribution in [0.4, 0.5) is 0 Å². The number of hydrogen-bond acceptors (Lipinski definition) is 2. The molecule has 0 atom stereocenters. The monoisotopic (exact) mass is 242 g/mol. The Labute approximate surface area is 102 Å². The van der Waals surface area contributed by atoms with Crippen molar-refractivity contribution < 1.29 is 9.84 Å². The summed E-state index contributed by atoms with van der Waals surface area (Å²) in [6.45, 7) is 7.88. The summed E-state index contributed by atoms with van der Waals surface area (Å²) in [6, 6.07) is 5.56. The summed E-state index contributed by atoms with van der Waals surface area (Å²) in [5.74, 6) is 1.14. The van der Waals surface area contributed by atoms with E-state index in [9.17, 15) is 5.11 Å². The summed E-state index contributed by atoms with van der Waals surface area (Å²) in [4.78, 5) is 0.